The van der Waals surface area contributed by atoms with Crippen molar-refractivity contribution in [2.45, 2.75) is 26.3 Å². The van der Waals surface area contributed by atoms with Crippen molar-refractivity contribution in [3.05, 3.63) is 102 Å². The predicted molar refractivity (Wildman–Crippen MR) is 147 cm³/mol. The van der Waals surface area contributed by atoms with E-state index in [-0.39, 0.29) is 12.3 Å². The van der Waals surface area contributed by atoms with Crippen molar-refractivity contribution < 1.29 is 4.79 Å². The lowest BCUT2D eigenvalue weighted by Gasteiger charge is -2.25. The number of aromatic amines is 1. The molecule has 3 aromatic heterocycles. The lowest BCUT2D eigenvalue weighted by atomic mass is 10.0. The number of anilines is 2. The molecular formula is C29H28N8O. The van der Waals surface area contributed by atoms with E-state index in [2.05, 4.69) is 54.9 Å². The molecule has 0 fully saturated rings. The number of benzene rings is 2. The Morgan fingerprint density at radius 1 is 0.947 bits per heavy atom. The number of hydrogen-bond acceptors (Lipinski definition) is 7. The summed E-state index contributed by atoms with van der Waals surface area (Å²) >= 11 is 0. The van der Waals surface area contributed by atoms with Crippen molar-refractivity contribution in [1.29, 1.82) is 0 Å². The van der Waals surface area contributed by atoms with Crippen molar-refractivity contribution in [1.82, 2.24) is 30.6 Å². The van der Waals surface area contributed by atoms with E-state index in [0.29, 0.717) is 23.8 Å². The molecule has 2 aromatic carbocycles. The van der Waals surface area contributed by atoms with Gasteiger partial charge in [0.05, 0.1) is 12.1 Å². The smallest absolute Gasteiger partial charge is 0.228 e. The summed E-state index contributed by atoms with van der Waals surface area (Å²) in [5.41, 5.74) is 5.03. The summed E-state index contributed by atoms with van der Waals surface area (Å²) in [6.45, 7) is 3.64. The molecule has 0 radical (unpaired) electrons. The zero-order valence-electron chi connectivity index (χ0n) is 21.1. The number of pyridine rings is 2. The van der Waals surface area contributed by atoms with Gasteiger partial charge in [0.2, 0.25) is 11.7 Å². The Labute approximate surface area is 221 Å². The van der Waals surface area contributed by atoms with E-state index >= 15 is 0 Å². The molecule has 9 heteroatoms. The fraction of sp³-hybridized carbons (Fsp3) is 0.172. The third-order valence-electron chi connectivity index (χ3n) is 6.01. The Bertz CT molecular complexity index is 1470. The van der Waals surface area contributed by atoms with Crippen LogP contribution in [0.1, 0.15) is 24.5 Å². The van der Waals surface area contributed by atoms with Crippen LogP contribution in [0.15, 0.2) is 91.3 Å². The Balaban J connectivity index is 1.54. The third kappa shape index (κ3) is 6.07. The number of carbonyl (C=O) groups excluding carboxylic acids is 1. The standard InChI is InChI=1S/C29H28N8O/c1-2-15-37(20-21-9-4-3-5-10-21)27-18-23(31-28(38)16-22-11-8-14-30-19-22)17-26(32-27)24-12-6-7-13-25(24)29-33-35-36-34-29/h3-14,17-19H,2,15-16,20H2,1H3,(H,31,32,38)(H,33,34,35,36). The lowest BCUT2D eigenvalue weighted by Crippen LogP contribution is -2.25. The van der Waals surface area contributed by atoms with Crippen molar-refractivity contribution >= 4 is 17.4 Å². The summed E-state index contributed by atoms with van der Waals surface area (Å²) in [5.74, 6) is 1.12. The number of carbonyl (C=O) groups is 1. The molecule has 1 amide bonds. The molecule has 5 aromatic rings. The highest BCUT2D eigenvalue weighted by Crippen LogP contribution is 2.32. The first-order valence-corrected chi connectivity index (χ1v) is 12.5. The molecule has 0 saturated heterocycles. The first-order valence-electron chi connectivity index (χ1n) is 12.5. The SMILES string of the molecule is CCCN(Cc1ccccc1)c1cc(NC(=O)Cc2cccnc2)cc(-c2ccccc2-c2nn[nH]n2)n1. The number of tetrazole rings is 1. The summed E-state index contributed by atoms with van der Waals surface area (Å²) < 4.78 is 0. The highest BCUT2D eigenvalue weighted by atomic mass is 16.1. The monoisotopic (exact) mass is 504 g/mol. The van der Waals surface area contributed by atoms with Gasteiger partial charge in [0.1, 0.15) is 5.82 Å². The van der Waals surface area contributed by atoms with Crippen LogP contribution < -0.4 is 10.2 Å². The molecule has 3 heterocycles. The molecule has 0 atom stereocenters. The van der Waals surface area contributed by atoms with Crippen LogP contribution in [0.4, 0.5) is 11.5 Å². The molecule has 0 bridgehead atoms. The fourth-order valence-electron chi connectivity index (χ4n) is 4.31. The second-order valence-corrected chi connectivity index (χ2v) is 8.87. The highest BCUT2D eigenvalue weighted by Gasteiger charge is 2.17. The Hall–Kier alpha value is -4.92. The number of rotatable bonds is 10. The molecule has 0 aliphatic heterocycles. The Morgan fingerprint density at radius 3 is 2.47 bits per heavy atom. The molecule has 0 spiro atoms. The number of nitrogens with zero attached hydrogens (tertiary/aromatic N) is 6. The quantitative estimate of drug-likeness (QED) is 0.278. The minimum absolute atomic E-state index is 0.127. The summed E-state index contributed by atoms with van der Waals surface area (Å²) in [4.78, 5) is 24.4. The average molecular weight is 505 g/mol. The van der Waals surface area contributed by atoms with Crippen LogP contribution in [-0.2, 0) is 17.8 Å². The molecule has 0 saturated carbocycles. The summed E-state index contributed by atoms with van der Waals surface area (Å²) in [6.07, 6.45) is 4.57. The van der Waals surface area contributed by atoms with Gasteiger partial charge in [0.15, 0.2) is 0 Å². The van der Waals surface area contributed by atoms with Gasteiger partial charge < -0.3 is 10.2 Å². The first-order chi connectivity index (χ1) is 18.7. The summed E-state index contributed by atoms with van der Waals surface area (Å²) in [7, 11) is 0. The number of H-pyrrole nitrogens is 1. The summed E-state index contributed by atoms with van der Waals surface area (Å²) in [6, 6.07) is 25.6. The molecule has 0 unspecified atom stereocenters. The minimum atomic E-state index is -0.127. The molecule has 5 rings (SSSR count). The van der Waals surface area contributed by atoms with Crippen LogP contribution in [0.2, 0.25) is 0 Å². The minimum Gasteiger partial charge on any atom is -0.352 e. The van der Waals surface area contributed by atoms with Gasteiger partial charge in [-0.15, -0.1) is 10.2 Å². The predicted octanol–water partition coefficient (Wildman–Crippen LogP) is 4.92. The fourth-order valence-corrected chi connectivity index (χ4v) is 4.31. The molecule has 38 heavy (non-hydrogen) atoms. The maximum absolute atomic E-state index is 13.0. The van der Waals surface area contributed by atoms with E-state index in [0.717, 1.165) is 35.5 Å². The van der Waals surface area contributed by atoms with E-state index in [4.69, 9.17) is 4.98 Å². The number of amides is 1. The van der Waals surface area contributed by atoms with Crippen molar-refractivity contribution in [2.75, 3.05) is 16.8 Å². The van der Waals surface area contributed by atoms with Gasteiger partial charge in [-0.05, 0) is 34.9 Å². The van der Waals surface area contributed by atoms with Gasteiger partial charge in [0.25, 0.3) is 0 Å². The maximum Gasteiger partial charge on any atom is 0.228 e. The van der Waals surface area contributed by atoms with Crippen molar-refractivity contribution in [3.63, 3.8) is 0 Å². The molecule has 9 nitrogen and oxygen atoms in total. The first kappa shape index (κ1) is 24.8. The Morgan fingerprint density at radius 2 is 1.74 bits per heavy atom. The van der Waals surface area contributed by atoms with Crippen LogP contribution in [0.25, 0.3) is 22.6 Å². The lowest BCUT2D eigenvalue weighted by molar-refractivity contribution is -0.115. The number of nitrogens with one attached hydrogen (secondary N) is 2. The average Bonchev–Trinajstić information content (AvgIpc) is 3.49. The normalized spacial score (nSPS) is 10.8. The largest absolute Gasteiger partial charge is 0.352 e. The second-order valence-electron chi connectivity index (χ2n) is 8.87. The molecule has 0 aliphatic rings. The third-order valence-corrected chi connectivity index (χ3v) is 6.01. The topological polar surface area (TPSA) is 113 Å². The Kier molecular flexibility index (Phi) is 7.74. The van der Waals surface area contributed by atoms with Gasteiger partial charge in [-0.3, -0.25) is 9.78 Å². The van der Waals surface area contributed by atoms with Crippen LogP contribution >= 0.6 is 0 Å². The molecule has 0 aliphatic carbocycles. The zero-order valence-corrected chi connectivity index (χ0v) is 21.1. The van der Waals surface area contributed by atoms with E-state index < -0.39 is 0 Å². The van der Waals surface area contributed by atoms with Gasteiger partial charge in [-0.2, -0.15) is 5.21 Å². The van der Waals surface area contributed by atoms with Crippen LogP contribution in [0.3, 0.4) is 0 Å². The maximum atomic E-state index is 13.0. The van der Waals surface area contributed by atoms with Gasteiger partial charge in [-0.1, -0.05) is 67.6 Å². The van der Waals surface area contributed by atoms with Gasteiger partial charge in [-0.25, -0.2) is 4.98 Å². The van der Waals surface area contributed by atoms with Gasteiger partial charge >= 0.3 is 0 Å². The van der Waals surface area contributed by atoms with E-state index in [1.54, 1.807) is 12.4 Å². The second kappa shape index (κ2) is 11.9. The molecular weight excluding hydrogens is 476 g/mol. The van der Waals surface area contributed by atoms with E-state index in [1.807, 2.05) is 66.7 Å². The molecule has 190 valence electrons. The van der Waals surface area contributed by atoms with Crippen molar-refractivity contribution in [2.24, 2.45) is 0 Å². The number of aromatic nitrogens is 6. The van der Waals surface area contributed by atoms with Crippen LogP contribution in [-0.4, -0.2) is 43.0 Å². The van der Waals surface area contributed by atoms with Crippen LogP contribution in [0, 0.1) is 0 Å². The van der Waals surface area contributed by atoms with Crippen LogP contribution in [0.5, 0.6) is 0 Å². The molecule has 2 N–H and O–H groups in total. The van der Waals surface area contributed by atoms with E-state index in [9.17, 15) is 4.79 Å². The summed E-state index contributed by atoms with van der Waals surface area (Å²) in [5, 5.41) is 17.7. The van der Waals surface area contributed by atoms with E-state index in [1.165, 1.54) is 5.56 Å². The van der Waals surface area contributed by atoms with Gasteiger partial charge in [0, 0.05) is 48.4 Å². The zero-order chi connectivity index (χ0) is 26.2. The number of hydrogen-bond donors (Lipinski definition) is 2. The highest BCUT2D eigenvalue weighted by molar-refractivity contribution is 5.93. The van der Waals surface area contributed by atoms with Crippen molar-refractivity contribution in [3.8, 4) is 22.6 Å².